The van der Waals surface area contributed by atoms with Crippen molar-refractivity contribution in [2.45, 2.75) is 38.6 Å². The molecule has 1 amide bonds. The normalized spacial score (nSPS) is 18.2. The van der Waals surface area contributed by atoms with Gasteiger partial charge in [-0.15, -0.1) is 0 Å². The molecule has 6 heteroatoms. The molecular weight excluding hydrogens is 338 g/mol. The second-order valence-electron chi connectivity index (χ2n) is 7.46. The van der Waals surface area contributed by atoms with E-state index < -0.39 is 0 Å². The Morgan fingerprint density at radius 2 is 2.04 bits per heavy atom. The van der Waals surface area contributed by atoms with Crippen LogP contribution in [0.5, 0.6) is 0 Å². The van der Waals surface area contributed by atoms with Gasteiger partial charge in [-0.05, 0) is 50.4 Å². The minimum Gasteiger partial charge on any atom is -0.356 e. The standard InChI is InChI=1S/C21H35N5O/c1-17-8-5-6-14-26(17)15-13-24-21(22-2)23-12-11-18-9-7-10-19(16-18)20(27)25(3)4/h7,9-10,16-17H,5-6,8,11-15H2,1-4H3,(H2,22,23,24). The van der Waals surface area contributed by atoms with Gasteiger partial charge in [0.05, 0.1) is 0 Å². The molecule has 0 spiro atoms. The number of nitrogens with one attached hydrogen (secondary N) is 2. The zero-order valence-electron chi connectivity index (χ0n) is 17.3. The molecule has 2 rings (SSSR count). The van der Waals surface area contributed by atoms with Gasteiger partial charge in [-0.3, -0.25) is 14.7 Å². The lowest BCUT2D eigenvalue weighted by molar-refractivity contribution is 0.0827. The molecule has 0 bridgehead atoms. The highest BCUT2D eigenvalue weighted by molar-refractivity contribution is 5.94. The molecule has 1 atom stereocenters. The summed E-state index contributed by atoms with van der Waals surface area (Å²) in [7, 11) is 5.35. The van der Waals surface area contributed by atoms with Crippen LogP contribution in [0, 0.1) is 0 Å². The molecule has 150 valence electrons. The van der Waals surface area contributed by atoms with Crippen molar-refractivity contribution >= 4 is 11.9 Å². The molecule has 1 aromatic rings. The number of nitrogens with zero attached hydrogens (tertiary/aromatic N) is 3. The largest absolute Gasteiger partial charge is 0.356 e. The summed E-state index contributed by atoms with van der Waals surface area (Å²) < 4.78 is 0. The molecule has 0 aromatic heterocycles. The van der Waals surface area contributed by atoms with Crippen LogP contribution in [0.3, 0.4) is 0 Å². The molecule has 6 nitrogen and oxygen atoms in total. The van der Waals surface area contributed by atoms with E-state index in [0.29, 0.717) is 6.04 Å². The number of hydrogen-bond acceptors (Lipinski definition) is 3. The van der Waals surface area contributed by atoms with E-state index >= 15 is 0 Å². The molecule has 0 radical (unpaired) electrons. The molecule has 1 unspecified atom stereocenters. The Hall–Kier alpha value is -2.08. The first-order chi connectivity index (χ1) is 13.0. The van der Waals surface area contributed by atoms with Crippen LogP contribution in [-0.4, -0.2) is 75.0 Å². The van der Waals surface area contributed by atoms with Gasteiger partial charge in [-0.2, -0.15) is 0 Å². The van der Waals surface area contributed by atoms with E-state index in [4.69, 9.17) is 0 Å². The highest BCUT2D eigenvalue weighted by Crippen LogP contribution is 2.15. The highest BCUT2D eigenvalue weighted by Gasteiger charge is 2.17. The predicted molar refractivity (Wildman–Crippen MR) is 112 cm³/mol. The molecule has 0 aliphatic carbocycles. The zero-order valence-corrected chi connectivity index (χ0v) is 17.3. The maximum Gasteiger partial charge on any atom is 0.253 e. The Bertz CT molecular complexity index is 629. The van der Waals surface area contributed by atoms with Crippen molar-refractivity contribution in [1.29, 1.82) is 0 Å². The maximum atomic E-state index is 12.1. The topological polar surface area (TPSA) is 60.0 Å². The van der Waals surface area contributed by atoms with E-state index in [2.05, 4.69) is 33.5 Å². The molecule has 2 N–H and O–H groups in total. The van der Waals surface area contributed by atoms with Gasteiger partial charge >= 0.3 is 0 Å². The van der Waals surface area contributed by atoms with Crippen LogP contribution in [0.2, 0.25) is 0 Å². The summed E-state index contributed by atoms with van der Waals surface area (Å²) in [6.07, 6.45) is 4.82. The van der Waals surface area contributed by atoms with Crippen LogP contribution in [-0.2, 0) is 6.42 Å². The third-order valence-corrected chi connectivity index (χ3v) is 5.14. The predicted octanol–water partition coefficient (Wildman–Crippen LogP) is 1.97. The molecule has 1 aliphatic rings. The highest BCUT2D eigenvalue weighted by atomic mass is 16.2. The van der Waals surface area contributed by atoms with Gasteiger partial charge in [0, 0.05) is 52.4 Å². The number of guanidine groups is 1. The second-order valence-corrected chi connectivity index (χ2v) is 7.46. The van der Waals surface area contributed by atoms with Crippen LogP contribution >= 0.6 is 0 Å². The third-order valence-electron chi connectivity index (χ3n) is 5.14. The van der Waals surface area contributed by atoms with Crippen molar-refractivity contribution in [3.05, 3.63) is 35.4 Å². The fourth-order valence-corrected chi connectivity index (χ4v) is 3.47. The van der Waals surface area contributed by atoms with Crippen molar-refractivity contribution in [1.82, 2.24) is 20.4 Å². The molecule has 27 heavy (non-hydrogen) atoms. The van der Waals surface area contributed by atoms with Crippen LogP contribution < -0.4 is 10.6 Å². The lowest BCUT2D eigenvalue weighted by atomic mass is 10.0. The van der Waals surface area contributed by atoms with Crippen molar-refractivity contribution < 1.29 is 4.79 Å². The van der Waals surface area contributed by atoms with Gasteiger partial charge in [0.1, 0.15) is 0 Å². The summed E-state index contributed by atoms with van der Waals surface area (Å²) in [5, 5.41) is 6.77. The lowest BCUT2D eigenvalue weighted by Crippen LogP contribution is -2.45. The number of aliphatic imine (C=N–C) groups is 1. The zero-order chi connectivity index (χ0) is 19.6. The van der Waals surface area contributed by atoms with Gasteiger partial charge in [0.25, 0.3) is 5.91 Å². The maximum absolute atomic E-state index is 12.1. The number of carbonyl (C=O) groups is 1. The van der Waals surface area contributed by atoms with Gasteiger partial charge in [0.15, 0.2) is 5.96 Å². The first kappa shape index (κ1) is 21.2. The molecule has 1 aliphatic heterocycles. The summed E-state index contributed by atoms with van der Waals surface area (Å²) in [5.41, 5.74) is 1.88. The van der Waals surface area contributed by atoms with Crippen molar-refractivity contribution in [2.24, 2.45) is 4.99 Å². The smallest absolute Gasteiger partial charge is 0.253 e. The van der Waals surface area contributed by atoms with E-state index in [1.54, 1.807) is 26.0 Å². The molecule has 1 fully saturated rings. The Morgan fingerprint density at radius 3 is 2.74 bits per heavy atom. The molecule has 0 saturated carbocycles. The number of piperidine rings is 1. The fourth-order valence-electron chi connectivity index (χ4n) is 3.47. The SMILES string of the molecule is CN=C(NCCc1cccc(C(=O)N(C)C)c1)NCCN1CCCCC1C. The quantitative estimate of drug-likeness (QED) is 0.567. The average molecular weight is 374 g/mol. The van der Waals surface area contributed by atoms with Crippen LogP contribution in [0.15, 0.2) is 29.3 Å². The number of rotatable bonds is 7. The number of benzene rings is 1. The monoisotopic (exact) mass is 373 g/mol. The van der Waals surface area contributed by atoms with Crippen molar-refractivity contribution in [3.8, 4) is 0 Å². The molecular formula is C21H35N5O. The van der Waals surface area contributed by atoms with E-state index in [0.717, 1.165) is 43.1 Å². The Balaban J connectivity index is 1.73. The number of carbonyl (C=O) groups excluding carboxylic acids is 1. The van der Waals surface area contributed by atoms with E-state index in [1.807, 2.05) is 18.2 Å². The Labute approximate surface area is 164 Å². The molecule has 1 saturated heterocycles. The van der Waals surface area contributed by atoms with Gasteiger partial charge < -0.3 is 15.5 Å². The van der Waals surface area contributed by atoms with Crippen molar-refractivity contribution in [3.63, 3.8) is 0 Å². The van der Waals surface area contributed by atoms with Crippen LogP contribution in [0.25, 0.3) is 0 Å². The van der Waals surface area contributed by atoms with Gasteiger partial charge in [-0.25, -0.2) is 0 Å². The fraction of sp³-hybridized carbons (Fsp3) is 0.619. The van der Waals surface area contributed by atoms with E-state index in [9.17, 15) is 4.79 Å². The average Bonchev–Trinajstić information content (AvgIpc) is 2.67. The lowest BCUT2D eigenvalue weighted by Gasteiger charge is -2.33. The number of likely N-dealkylation sites (tertiary alicyclic amines) is 1. The summed E-state index contributed by atoms with van der Waals surface area (Å²) >= 11 is 0. The van der Waals surface area contributed by atoms with Crippen LogP contribution in [0.4, 0.5) is 0 Å². The summed E-state index contributed by atoms with van der Waals surface area (Å²) in [6, 6.07) is 8.52. The van der Waals surface area contributed by atoms with E-state index in [-0.39, 0.29) is 5.91 Å². The second kappa shape index (κ2) is 10.9. The summed E-state index contributed by atoms with van der Waals surface area (Å²) in [6.45, 7) is 6.26. The number of amides is 1. The Kier molecular flexibility index (Phi) is 8.58. The van der Waals surface area contributed by atoms with Crippen LogP contribution in [0.1, 0.15) is 42.1 Å². The van der Waals surface area contributed by atoms with Gasteiger partial charge in [-0.1, -0.05) is 18.6 Å². The van der Waals surface area contributed by atoms with E-state index in [1.165, 1.54) is 25.8 Å². The number of hydrogen-bond donors (Lipinski definition) is 2. The minimum absolute atomic E-state index is 0.0363. The first-order valence-electron chi connectivity index (χ1n) is 10.0. The summed E-state index contributed by atoms with van der Waals surface area (Å²) in [4.78, 5) is 20.5. The molecule has 1 aromatic carbocycles. The summed E-state index contributed by atoms with van der Waals surface area (Å²) in [5.74, 6) is 0.870. The van der Waals surface area contributed by atoms with Gasteiger partial charge in [0.2, 0.25) is 0 Å². The minimum atomic E-state index is 0.0363. The Morgan fingerprint density at radius 1 is 1.26 bits per heavy atom. The molecule has 1 heterocycles. The van der Waals surface area contributed by atoms with Crippen molar-refractivity contribution in [2.75, 3.05) is 47.3 Å². The first-order valence-corrected chi connectivity index (χ1v) is 10.0. The third kappa shape index (κ3) is 6.86.